The normalized spacial score (nSPS) is 21.9. The van der Waals surface area contributed by atoms with Crippen molar-refractivity contribution in [1.29, 1.82) is 0 Å². The average molecular weight is 378 g/mol. The Morgan fingerprint density at radius 1 is 0.962 bits per heavy atom. The molecule has 0 aromatic heterocycles. The number of alkyl halides is 3. The quantitative estimate of drug-likeness (QED) is 0.778. The van der Waals surface area contributed by atoms with Gasteiger partial charge in [-0.2, -0.15) is 13.2 Å². The predicted octanol–water partition coefficient (Wildman–Crippen LogP) is 1.07. The molecule has 1 unspecified atom stereocenters. The second-order valence-corrected chi connectivity index (χ2v) is 7.12. The molecule has 2 fully saturated rings. The van der Waals surface area contributed by atoms with Crippen molar-refractivity contribution >= 4 is 11.8 Å². The number of halogens is 3. The van der Waals surface area contributed by atoms with E-state index in [9.17, 15) is 22.8 Å². The summed E-state index contributed by atoms with van der Waals surface area (Å²) in [5.74, 6) is -0.465. The van der Waals surface area contributed by atoms with Crippen LogP contribution in [0.25, 0.3) is 0 Å². The van der Waals surface area contributed by atoms with Gasteiger partial charge < -0.3 is 10.2 Å². The standard InChI is InChI=1S/C17H29F3N4O2/c1-14(16(26)21-13-17(18,19)20)23-10-8-22(9-11-23)12-15(25)24-6-4-2-3-5-7-24/h14H,2-13H2,1H3,(H,21,26). The van der Waals surface area contributed by atoms with Crippen LogP contribution in [0.2, 0.25) is 0 Å². The summed E-state index contributed by atoms with van der Waals surface area (Å²) in [4.78, 5) is 30.1. The fourth-order valence-electron chi connectivity index (χ4n) is 3.42. The zero-order valence-corrected chi connectivity index (χ0v) is 15.4. The molecule has 2 heterocycles. The monoisotopic (exact) mass is 378 g/mol. The van der Waals surface area contributed by atoms with Crippen molar-refractivity contribution in [2.45, 2.75) is 44.8 Å². The van der Waals surface area contributed by atoms with Crippen molar-refractivity contribution in [3.63, 3.8) is 0 Å². The lowest BCUT2D eigenvalue weighted by molar-refractivity contribution is -0.141. The van der Waals surface area contributed by atoms with Crippen LogP contribution >= 0.6 is 0 Å². The SMILES string of the molecule is CC(C(=O)NCC(F)(F)F)N1CCN(CC(=O)N2CCCCCC2)CC1. The number of hydrogen-bond donors (Lipinski definition) is 1. The molecule has 0 aromatic carbocycles. The lowest BCUT2D eigenvalue weighted by Gasteiger charge is -2.37. The third kappa shape index (κ3) is 6.75. The van der Waals surface area contributed by atoms with E-state index in [-0.39, 0.29) is 5.91 Å². The molecular weight excluding hydrogens is 349 g/mol. The summed E-state index contributed by atoms with van der Waals surface area (Å²) in [6, 6.07) is -0.610. The van der Waals surface area contributed by atoms with Gasteiger partial charge in [-0.3, -0.25) is 19.4 Å². The first-order valence-corrected chi connectivity index (χ1v) is 9.35. The Morgan fingerprint density at radius 2 is 1.54 bits per heavy atom. The summed E-state index contributed by atoms with van der Waals surface area (Å²) < 4.78 is 36.6. The second kappa shape index (κ2) is 9.55. The van der Waals surface area contributed by atoms with Gasteiger partial charge in [0.2, 0.25) is 11.8 Å². The Balaban J connectivity index is 1.72. The highest BCUT2D eigenvalue weighted by Gasteiger charge is 2.31. The summed E-state index contributed by atoms with van der Waals surface area (Å²) in [6.45, 7) is 4.74. The van der Waals surface area contributed by atoms with Crippen LogP contribution in [-0.2, 0) is 9.59 Å². The van der Waals surface area contributed by atoms with Crippen molar-refractivity contribution in [3.05, 3.63) is 0 Å². The van der Waals surface area contributed by atoms with Gasteiger partial charge in [0.05, 0.1) is 12.6 Å². The highest BCUT2D eigenvalue weighted by molar-refractivity contribution is 5.81. The van der Waals surface area contributed by atoms with E-state index in [1.807, 2.05) is 15.1 Å². The lowest BCUT2D eigenvalue weighted by atomic mass is 10.2. The van der Waals surface area contributed by atoms with Gasteiger partial charge in [0.15, 0.2) is 0 Å². The maximum atomic E-state index is 12.4. The number of carbonyl (C=O) groups excluding carboxylic acids is 2. The molecule has 0 spiro atoms. The van der Waals surface area contributed by atoms with Gasteiger partial charge in [0, 0.05) is 39.3 Å². The molecule has 0 saturated carbocycles. The van der Waals surface area contributed by atoms with Gasteiger partial charge >= 0.3 is 6.18 Å². The predicted molar refractivity (Wildman–Crippen MR) is 91.6 cm³/mol. The number of likely N-dealkylation sites (tertiary alicyclic amines) is 1. The fraction of sp³-hybridized carbons (Fsp3) is 0.882. The Bertz CT molecular complexity index is 471. The zero-order chi connectivity index (χ0) is 19.2. The van der Waals surface area contributed by atoms with E-state index in [0.717, 1.165) is 25.9 Å². The molecule has 2 aliphatic rings. The molecule has 6 nitrogen and oxygen atoms in total. The molecule has 1 atom stereocenters. The number of nitrogens with one attached hydrogen (secondary N) is 1. The van der Waals surface area contributed by atoms with E-state index in [2.05, 4.69) is 4.90 Å². The summed E-state index contributed by atoms with van der Waals surface area (Å²) >= 11 is 0. The van der Waals surface area contributed by atoms with Crippen molar-refractivity contribution in [1.82, 2.24) is 20.0 Å². The van der Waals surface area contributed by atoms with Crippen LogP contribution < -0.4 is 5.32 Å². The number of nitrogens with zero attached hydrogens (tertiary/aromatic N) is 3. The van der Waals surface area contributed by atoms with Crippen LogP contribution in [0, 0.1) is 0 Å². The topological polar surface area (TPSA) is 55.9 Å². The van der Waals surface area contributed by atoms with Gasteiger partial charge in [-0.15, -0.1) is 0 Å². The highest BCUT2D eigenvalue weighted by atomic mass is 19.4. The van der Waals surface area contributed by atoms with Crippen LogP contribution in [0.1, 0.15) is 32.6 Å². The largest absolute Gasteiger partial charge is 0.405 e. The van der Waals surface area contributed by atoms with Crippen LogP contribution in [0.5, 0.6) is 0 Å². The first-order chi connectivity index (χ1) is 12.3. The van der Waals surface area contributed by atoms with Crippen molar-refractivity contribution < 1.29 is 22.8 Å². The highest BCUT2D eigenvalue weighted by Crippen LogP contribution is 2.14. The number of hydrogen-bond acceptors (Lipinski definition) is 4. The van der Waals surface area contributed by atoms with Crippen molar-refractivity contribution in [3.8, 4) is 0 Å². The van der Waals surface area contributed by atoms with Gasteiger partial charge in [0.25, 0.3) is 0 Å². The van der Waals surface area contributed by atoms with Crippen molar-refractivity contribution in [2.75, 3.05) is 52.4 Å². The Morgan fingerprint density at radius 3 is 2.08 bits per heavy atom. The first-order valence-electron chi connectivity index (χ1n) is 9.35. The molecule has 1 N–H and O–H groups in total. The molecule has 150 valence electrons. The second-order valence-electron chi connectivity index (χ2n) is 7.12. The molecule has 2 aliphatic heterocycles. The summed E-state index contributed by atoms with van der Waals surface area (Å²) in [5.41, 5.74) is 0. The van der Waals surface area contributed by atoms with Crippen LogP contribution in [0.4, 0.5) is 13.2 Å². The van der Waals surface area contributed by atoms with E-state index >= 15 is 0 Å². The molecule has 2 rings (SSSR count). The number of rotatable bonds is 5. The third-order valence-electron chi connectivity index (χ3n) is 5.11. The maximum absolute atomic E-state index is 12.4. The summed E-state index contributed by atoms with van der Waals surface area (Å²) in [5, 5.41) is 1.93. The zero-order valence-electron chi connectivity index (χ0n) is 15.4. The minimum absolute atomic E-state index is 0.149. The van der Waals surface area contributed by atoms with E-state index in [0.29, 0.717) is 32.7 Å². The van der Waals surface area contributed by atoms with E-state index in [1.165, 1.54) is 12.8 Å². The molecule has 0 aliphatic carbocycles. The number of piperazine rings is 1. The van der Waals surface area contributed by atoms with Gasteiger partial charge in [-0.1, -0.05) is 12.8 Å². The molecular formula is C17H29F3N4O2. The fourth-order valence-corrected chi connectivity index (χ4v) is 3.42. The summed E-state index contributed by atoms with van der Waals surface area (Å²) in [7, 11) is 0. The average Bonchev–Trinajstić information content (AvgIpc) is 2.88. The third-order valence-corrected chi connectivity index (χ3v) is 5.11. The van der Waals surface area contributed by atoms with Gasteiger partial charge in [-0.25, -0.2) is 0 Å². The van der Waals surface area contributed by atoms with E-state index in [4.69, 9.17) is 0 Å². The Kier molecular flexibility index (Phi) is 7.69. The van der Waals surface area contributed by atoms with E-state index < -0.39 is 24.7 Å². The van der Waals surface area contributed by atoms with Crippen molar-refractivity contribution in [2.24, 2.45) is 0 Å². The number of amides is 2. The molecule has 2 saturated heterocycles. The molecule has 0 bridgehead atoms. The maximum Gasteiger partial charge on any atom is 0.405 e. The van der Waals surface area contributed by atoms with Crippen LogP contribution in [0.3, 0.4) is 0 Å². The van der Waals surface area contributed by atoms with Crippen LogP contribution in [0.15, 0.2) is 0 Å². The summed E-state index contributed by atoms with van der Waals surface area (Å²) in [6.07, 6.45) is 0.0728. The van der Waals surface area contributed by atoms with E-state index in [1.54, 1.807) is 6.92 Å². The molecule has 9 heteroatoms. The Hall–Kier alpha value is -1.35. The smallest absolute Gasteiger partial charge is 0.346 e. The molecule has 2 amide bonds. The molecule has 0 aromatic rings. The lowest BCUT2D eigenvalue weighted by Crippen LogP contribution is -2.55. The Labute approximate surface area is 152 Å². The molecule has 26 heavy (non-hydrogen) atoms. The number of carbonyl (C=O) groups is 2. The minimum Gasteiger partial charge on any atom is -0.346 e. The van der Waals surface area contributed by atoms with Gasteiger partial charge in [0.1, 0.15) is 6.54 Å². The van der Waals surface area contributed by atoms with Gasteiger partial charge in [-0.05, 0) is 19.8 Å². The minimum atomic E-state index is -4.40. The van der Waals surface area contributed by atoms with Crippen LogP contribution in [-0.4, -0.2) is 91.1 Å². The molecule has 0 radical (unpaired) electrons. The first kappa shape index (κ1) is 21.0.